The van der Waals surface area contributed by atoms with Crippen LogP contribution in [-0.2, 0) is 27.3 Å². The summed E-state index contributed by atoms with van der Waals surface area (Å²) in [6.45, 7) is 5.57. The van der Waals surface area contributed by atoms with Crippen molar-refractivity contribution in [2.45, 2.75) is 52.5 Å². The quantitative estimate of drug-likeness (QED) is 0.612. The van der Waals surface area contributed by atoms with E-state index in [1.807, 2.05) is 31.2 Å². The number of aryl methyl sites for hydroxylation is 3. The van der Waals surface area contributed by atoms with Crippen LogP contribution in [0.5, 0.6) is 0 Å². The molecule has 0 spiro atoms. The number of rotatable bonds is 5. The average Bonchev–Trinajstić information content (AvgIpc) is 3.11. The van der Waals surface area contributed by atoms with Gasteiger partial charge in [-0.2, -0.15) is 0 Å². The highest BCUT2D eigenvalue weighted by atomic mass is 32.1. The lowest BCUT2D eigenvalue weighted by atomic mass is 9.86. The number of fused-ring (bicyclic) bond motifs is 3. The Labute approximate surface area is 184 Å². The highest BCUT2D eigenvalue weighted by molar-refractivity contribution is 7.18. The first kappa shape index (κ1) is 21.2. The molecule has 1 aliphatic carbocycles. The molecular weight excluding hydrogens is 414 g/mol. The molecule has 1 amide bonds. The molecule has 7 nitrogen and oxygen atoms in total. The van der Waals surface area contributed by atoms with E-state index in [9.17, 15) is 14.4 Å². The third-order valence-electron chi connectivity index (χ3n) is 5.65. The third-order valence-corrected chi connectivity index (χ3v) is 6.81. The molecule has 0 bridgehead atoms. The van der Waals surface area contributed by atoms with Crippen molar-refractivity contribution in [2.24, 2.45) is 0 Å². The second-order valence-corrected chi connectivity index (χ2v) is 8.81. The minimum absolute atomic E-state index is 0.142. The Hall–Kier alpha value is -3.00. The Morgan fingerprint density at radius 1 is 1.29 bits per heavy atom. The van der Waals surface area contributed by atoms with E-state index >= 15 is 0 Å². The minimum atomic E-state index is -0.455. The summed E-state index contributed by atoms with van der Waals surface area (Å²) >= 11 is 1.47. The minimum Gasteiger partial charge on any atom is -0.466 e. The molecule has 31 heavy (non-hydrogen) atoms. The predicted octanol–water partition coefficient (Wildman–Crippen LogP) is 3.70. The van der Waals surface area contributed by atoms with Crippen molar-refractivity contribution in [1.29, 1.82) is 0 Å². The normalized spacial score (nSPS) is 15.5. The molecule has 2 heterocycles. The molecule has 162 valence electrons. The molecular formula is C23H25N3O4S. The van der Waals surface area contributed by atoms with Crippen LogP contribution in [0.3, 0.4) is 0 Å². The third kappa shape index (κ3) is 3.99. The number of carbonyl (C=O) groups excluding carboxylic acids is 2. The number of nitrogens with one attached hydrogen (secondary N) is 1. The van der Waals surface area contributed by atoms with E-state index in [0.29, 0.717) is 34.8 Å². The van der Waals surface area contributed by atoms with E-state index in [0.717, 1.165) is 28.8 Å². The van der Waals surface area contributed by atoms with Crippen LogP contribution < -0.4 is 10.9 Å². The first-order valence-electron chi connectivity index (χ1n) is 10.5. The fourth-order valence-corrected chi connectivity index (χ4v) is 5.44. The van der Waals surface area contributed by atoms with Crippen molar-refractivity contribution in [2.75, 3.05) is 11.9 Å². The van der Waals surface area contributed by atoms with Gasteiger partial charge in [0.25, 0.3) is 5.56 Å². The Kier molecular flexibility index (Phi) is 5.91. The van der Waals surface area contributed by atoms with Crippen LogP contribution in [0.4, 0.5) is 5.69 Å². The standard InChI is InChI=1S/C23H25N3O4S/c1-4-30-23(29)15-9-7-11-17-19(15)20-21(31-17)24-14(3)26(22(20)28)12-18(27)25-16-10-6-5-8-13(16)2/h5-6,8,10,15H,4,7,9,11-12H2,1-3H3,(H,25,27). The predicted molar refractivity (Wildman–Crippen MR) is 121 cm³/mol. The monoisotopic (exact) mass is 439 g/mol. The summed E-state index contributed by atoms with van der Waals surface area (Å²) in [5, 5.41) is 3.31. The van der Waals surface area contributed by atoms with Crippen LogP contribution in [-0.4, -0.2) is 28.0 Å². The molecule has 1 N–H and O–H groups in total. The van der Waals surface area contributed by atoms with Crippen molar-refractivity contribution < 1.29 is 14.3 Å². The molecule has 8 heteroatoms. The Balaban J connectivity index is 1.73. The van der Waals surface area contributed by atoms with Crippen LogP contribution in [0, 0.1) is 13.8 Å². The van der Waals surface area contributed by atoms with Gasteiger partial charge in [0.1, 0.15) is 17.2 Å². The van der Waals surface area contributed by atoms with E-state index in [4.69, 9.17) is 4.74 Å². The summed E-state index contributed by atoms with van der Waals surface area (Å²) in [6, 6.07) is 7.48. The van der Waals surface area contributed by atoms with Gasteiger partial charge in [0, 0.05) is 10.6 Å². The highest BCUT2D eigenvalue weighted by Gasteiger charge is 2.33. The molecule has 0 fully saturated rings. The van der Waals surface area contributed by atoms with E-state index in [1.165, 1.54) is 15.9 Å². The largest absolute Gasteiger partial charge is 0.466 e. The molecule has 0 saturated carbocycles. The molecule has 1 unspecified atom stereocenters. The number of carbonyl (C=O) groups is 2. The lowest BCUT2D eigenvalue weighted by Gasteiger charge is -2.21. The maximum Gasteiger partial charge on any atom is 0.313 e. The summed E-state index contributed by atoms with van der Waals surface area (Å²) in [7, 11) is 0. The van der Waals surface area contributed by atoms with Gasteiger partial charge in [0.15, 0.2) is 0 Å². The molecule has 1 aliphatic rings. The van der Waals surface area contributed by atoms with Crippen molar-refractivity contribution in [3.05, 3.63) is 56.4 Å². The SMILES string of the molecule is CCOC(=O)C1CCCc2sc3nc(C)n(CC(=O)Nc4ccccc4C)c(=O)c3c21. The van der Waals surface area contributed by atoms with Gasteiger partial charge >= 0.3 is 5.97 Å². The number of anilines is 1. The van der Waals surface area contributed by atoms with Gasteiger partial charge in [-0.25, -0.2) is 4.98 Å². The smallest absolute Gasteiger partial charge is 0.313 e. The zero-order valence-corrected chi connectivity index (χ0v) is 18.7. The van der Waals surface area contributed by atoms with Gasteiger partial charge in [-0.1, -0.05) is 18.2 Å². The molecule has 0 aliphatic heterocycles. The second kappa shape index (κ2) is 8.63. The lowest BCUT2D eigenvalue weighted by Crippen LogP contribution is -2.31. The number of hydrogen-bond donors (Lipinski definition) is 1. The van der Waals surface area contributed by atoms with Crippen molar-refractivity contribution in [1.82, 2.24) is 9.55 Å². The number of amides is 1. The zero-order chi connectivity index (χ0) is 22.1. The fourth-order valence-electron chi connectivity index (χ4n) is 4.13. The molecule has 1 aromatic carbocycles. The van der Waals surface area contributed by atoms with E-state index in [2.05, 4.69) is 10.3 Å². The number of para-hydroxylation sites is 1. The van der Waals surface area contributed by atoms with Gasteiger partial charge in [0.05, 0.1) is 17.9 Å². The summed E-state index contributed by atoms with van der Waals surface area (Å²) < 4.78 is 6.65. The number of benzene rings is 1. The van der Waals surface area contributed by atoms with E-state index < -0.39 is 5.92 Å². The molecule has 0 radical (unpaired) electrons. The zero-order valence-electron chi connectivity index (χ0n) is 17.9. The summed E-state index contributed by atoms with van der Waals surface area (Å²) in [4.78, 5) is 45.0. The van der Waals surface area contributed by atoms with Gasteiger partial charge < -0.3 is 10.1 Å². The molecule has 4 rings (SSSR count). The van der Waals surface area contributed by atoms with Crippen LogP contribution in [0.1, 0.15) is 47.5 Å². The summed E-state index contributed by atoms with van der Waals surface area (Å²) in [6.07, 6.45) is 2.34. The van der Waals surface area contributed by atoms with Crippen LogP contribution >= 0.6 is 11.3 Å². The van der Waals surface area contributed by atoms with Gasteiger partial charge in [0.2, 0.25) is 5.91 Å². The molecule has 1 atom stereocenters. The molecule has 0 saturated heterocycles. The number of nitrogens with zero attached hydrogens (tertiary/aromatic N) is 2. The molecule has 2 aromatic heterocycles. The Morgan fingerprint density at radius 3 is 2.81 bits per heavy atom. The van der Waals surface area contributed by atoms with Gasteiger partial charge in [-0.3, -0.25) is 19.0 Å². The summed E-state index contributed by atoms with van der Waals surface area (Å²) in [5.74, 6) is -0.578. The first-order valence-corrected chi connectivity index (χ1v) is 11.3. The van der Waals surface area contributed by atoms with Crippen LogP contribution in [0.15, 0.2) is 29.1 Å². The summed E-state index contributed by atoms with van der Waals surface area (Å²) in [5.41, 5.74) is 2.12. The van der Waals surface area contributed by atoms with Crippen molar-refractivity contribution in [3.8, 4) is 0 Å². The van der Waals surface area contributed by atoms with Crippen molar-refractivity contribution >= 4 is 39.1 Å². The van der Waals surface area contributed by atoms with E-state index in [1.54, 1.807) is 13.8 Å². The molecule has 3 aromatic rings. The van der Waals surface area contributed by atoms with Gasteiger partial charge in [-0.15, -0.1) is 11.3 Å². The second-order valence-electron chi connectivity index (χ2n) is 7.73. The number of hydrogen-bond acceptors (Lipinski definition) is 6. The fraction of sp³-hybridized carbons (Fsp3) is 0.391. The number of ether oxygens (including phenoxy) is 1. The lowest BCUT2D eigenvalue weighted by molar-refractivity contribution is -0.145. The average molecular weight is 440 g/mol. The Bertz CT molecular complexity index is 1230. The maximum atomic E-state index is 13.5. The van der Waals surface area contributed by atoms with Crippen LogP contribution in [0.25, 0.3) is 10.2 Å². The van der Waals surface area contributed by atoms with E-state index in [-0.39, 0.29) is 24.0 Å². The maximum absolute atomic E-state index is 13.5. The Morgan fingerprint density at radius 2 is 2.06 bits per heavy atom. The topological polar surface area (TPSA) is 90.3 Å². The number of esters is 1. The number of aromatic nitrogens is 2. The highest BCUT2D eigenvalue weighted by Crippen LogP contribution is 2.41. The van der Waals surface area contributed by atoms with Crippen molar-refractivity contribution in [3.63, 3.8) is 0 Å². The first-order chi connectivity index (χ1) is 14.9. The van der Waals surface area contributed by atoms with Crippen LogP contribution in [0.2, 0.25) is 0 Å². The van der Waals surface area contributed by atoms with Gasteiger partial charge in [-0.05, 0) is 57.2 Å². The number of thiophene rings is 1.